The van der Waals surface area contributed by atoms with Crippen molar-refractivity contribution < 1.29 is 14.3 Å². The topological polar surface area (TPSA) is 76.5 Å². The number of nitrogens with one attached hydrogen (secondary N) is 1. The summed E-state index contributed by atoms with van der Waals surface area (Å²) in [6.07, 6.45) is 3.36. The van der Waals surface area contributed by atoms with E-state index in [4.69, 9.17) is 17.0 Å². The Morgan fingerprint density at radius 1 is 1.06 bits per heavy atom. The maximum atomic E-state index is 13.3. The largest absolute Gasteiger partial charge is 0.497 e. The third-order valence-corrected chi connectivity index (χ3v) is 5.62. The number of ether oxygens (including phenoxy) is 1. The molecule has 32 heavy (non-hydrogen) atoms. The molecule has 1 aliphatic rings. The van der Waals surface area contributed by atoms with Crippen LogP contribution in [0.25, 0.3) is 11.9 Å². The van der Waals surface area contributed by atoms with Gasteiger partial charge in [0.1, 0.15) is 17.1 Å². The van der Waals surface area contributed by atoms with Crippen LogP contribution < -0.4 is 15.0 Å². The second-order valence-electron chi connectivity index (χ2n) is 7.51. The molecular weight excluding hydrogens is 424 g/mol. The summed E-state index contributed by atoms with van der Waals surface area (Å²) in [4.78, 5) is 31.7. The smallest absolute Gasteiger partial charge is 0.270 e. The summed E-state index contributed by atoms with van der Waals surface area (Å²) in [6, 6.07) is 12.7. The fourth-order valence-corrected chi connectivity index (χ4v) is 3.99. The summed E-state index contributed by atoms with van der Waals surface area (Å²) >= 11 is 5.27. The average Bonchev–Trinajstić information content (AvgIpc) is 3.04. The van der Waals surface area contributed by atoms with Gasteiger partial charge in [-0.1, -0.05) is 0 Å². The number of nitrogens with zero attached hydrogens (tertiary/aromatic N) is 3. The number of carbonyl (C=O) groups is 2. The zero-order valence-corrected chi connectivity index (χ0v) is 19.0. The van der Waals surface area contributed by atoms with Crippen molar-refractivity contribution in [1.82, 2.24) is 14.9 Å². The molecule has 0 radical (unpaired) electrons. The van der Waals surface area contributed by atoms with E-state index >= 15 is 0 Å². The van der Waals surface area contributed by atoms with Crippen molar-refractivity contribution in [2.75, 3.05) is 12.0 Å². The predicted molar refractivity (Wildman–Crippen MR) is 127 cm³/mol. The van der Waals surface area contributed by atoms with Crippen LogP contribution in [0.15, 0.2) is 54.2 Å². The van der Waals surface area contributed by atoms with Crippen LogP contribution in [0.1, 0.15) is 22.5 Å². The monoisotopic (exact) mass is 446 g/mol. The van der Waals surface area contributed by atoms with E-state index < -0.39 is 11.8 Å². The number of methoxy groups -OCH3 is 1. The highest BCUT2D eigenvalue weighted by Crippen LogP contribution is 2.26. The van der Waals surface area contributed by atoms with Crippen LogP contribution >= 0.6 is 12.2 Å². The van der Waals surface area contributed by atoms with E-state index in [1.54, 1.807) is 43.6 Å². The third kappa shape index (κ3) is 3.80. The van der Waals surface area contributed by atoms with Crippen LogP contribution in [0.4, 0.5) is 5.69 Å². The fourth-order valence-electron chi connectivity index (χ4n) is 3.71. The molecule has 0 atom stereocenters. The van der Waals surface area contributed by atoms with Crippen molar-refractivity contribution in [3.8, 4) is 11.6 Å². The van der Waals surface area contributed by atoms with Crippen LogP contribution in [-0.2, 0) is 9.59 Å². The summed E-state index contributed by atoms with van der Waals surface area (Å²) in [6.45, 7) is 5.89. The van der Waals surface area contributed by atoms with Crippen LogP contribution in [0.3, 0.4) is 0 Å². The van der Waals surface area contributed by atoms with Gasteiger partial charge in [-0.15, -0.1) is 0 Å². The number of aromatic nitrogens is 2. The van der Waals surface area contributed by atoms with E-state index in [1.807, 2.05) is 43.5 Å². The second-order valence-corrected chi connectivity index (χ2v) is 7.90. The summed E-state index contributed by atoms with van der Waals surface area (Å²) in [5.74, 6) is 0.428. The number of carbonyl (C=O) groups excluding carboxylic acids is 2. The van der Waals surface area contributed by atoms with Gasteiger partial charge in [-0.05, 0) is 92.7 Å². The molecule has 1 saturated heterocycles. The van der Waals surface area contributed by atoms with Gasteiger partial charge in [0.05, 0.1) is 12.8 Å². The Morgan fingerprint density at radius 2 is 1.78 bits per heavy atom. The van der Waals surface area contributed by atoms with E-state index in [-0.39, 0.29) is 10.7 Å². The van der Waals surface area contributed by atoms with E-state index in [1.165, 1.54) is 4.90 Å². The fraction of sp³-hybridized carbons (Fsp3) is 0.167. The highest BCUT2D eigenvalue weighted by Gasteiger charge is 2.34. The van der Waals surface area contributed by atoms with Gasteiger partial charge < -0.3 is 9.30 Å². The van der Waals surface area contributed by atoms with Crippen molar-refractivity contribution in [1.29, 1.82) is 0 Å². The minimum Gasteiger partial charge on any atom is -0.497 e. The second kappa shape index (κ2) is 8.39. The van der Waals surface area contributed by atoms with E-state index in [0.717, 1.165) is 28.3 Å². The Balaban J connectivity index is 1.74. The SMILES string of the molecule is COc1ccc(N2C(=O)C(=Cc3cc(C)n(-c4cc(C)ccn4)c3C)C(=O)NC2=S)cc1. The highest BCUT2D eigenvalue weighted by atomic mass is 32.1. The summed E-state index contributed by atoms with van der Waals surface area (Å²) in [5.41, 5.74) is 4.21. The van der Waals surface area contributed by atoms with E-state index in [0.29, 0.717) is 11.4 Å². The van der Waals surface area contributed by atoms with Crippen LogP contribution in [0.5, 0.6) is 5.75 Å². The van der Waals surface area contributed by atoms with Gasteiger partial charge in [-0.3, -0.25) is 19.8 Å². The van der Waals surface area contributed by atoms with E-state index in [2.05, 4.69) is 10.3 Å². The third-order valence-electron chi connectivity index (χ3n) is 5.33. The standard InChI is InChI=1S/C24H22N4O3S/c1-14-9-10-25-21(11-14)27-15(2)12-17(16(27)3)13-20-22(29)26-24(32)28(23(20)30)18-5-7-19(31-4)8-6-18/h5-13H,1-4H3,(H,26,29,32). The summed E-state index contributed by atoms with van der Waals surface area (Å²) < 4.78 is 7.17. The first-order valence-electron chi connectivity index (χ1n) is 9.97. The number of hydrogen-bond acceptors (Lipinski definition) is 5. The molecule has 2 aromatic heterocycles. The molecule has 3 heterocycles. The van der Waals surface area contributed by atoms with Crippen molar-refractivity contribution in [2.24, 2.45) is 0 Å². The van der Waals surface area contributed by atoms with E-state index in [9.17, 15) is 9.59 Å². The molecule has 4 rings (SSSR count). The first-order valence-corrected chi connectivity index (χ1v) is 10.4. The number of hydrogen-bond donors (Lipinski definition) is 1. The van der Waals surface area contributed by atoms with Crippen LogP contribution in [-0.4, -0.2) is 33.6 Å². The number of benzene rings is 1. The molecule has 3 aromatic rings. The van der Waals surface area contributed by atoms with Crippen LogP contribution in [0.2, 0.25) is 0 Å². The Kier molecular flexibility index (Phi) is 5.63. The summed E-state index contributed by atoms with van der Waals surface area (Å²) in [7, 11) is 1.56. The molecule has 7 nitrogen and oxygen atoms in total. The van der Waals surface area contributed by atoms with Gasteiger partial charge in [0.2, 0.25) is 0 Å². The van der Waals surface area contributed by atoms with Gasteiger partial charge in [0.15, 0.2) is 5.11 Å². The molecule has 1 aromatic carbocycles. The lowest BCUT2D eigenvalue weighted by molar-refractivity contribution is -0.122. The normalized spacial score (nSPS) is 15.3. The number of thiocarbonyl (C=S) groups is 1. The quantitative estimate of drug-likeness (QED) is 0.376. The molecule has 1 aliphatic heterocycles. The molecular formula is C24H22N4O3S. The first-order chi connectivity index (χ1) is 15.3. The van der Waals surface area contributed by atoms with Crippen molar-refractivity contribution >= 4 is 40.9 Å². The van der Waals surface area contributed by atoms with Gasteiger partial charge in [0, 0.05) is 17.6 Å². The lowest BCUT2D eigenvalue weighted by atomic mass is 10.1. The van der Waals surface area contributed by atoms with Gasteiger partial charge >= 0.3 is 0 Å². The molecule has 0 unspecified atom stereocenters. The zero-order valence-electron chi connectivity index (χ0n) is 18.2. The minimum absolute atomic E-state index is 0.00636. The number of pyridine rings is 1. The Morgan fingerprint density at radius 3 is 2.44 bits per heavy atom. The maximum Gasteiger partial charge on any atom is 0.270 e. The lowest BCUT2D eigenvalue weighted by Crippen LogP contribution is -2.54. The molecule has 162 valence electrons. The number of aryl methyl sites for hydroxylation is 2. The Bertz CT molecular complexity index is 1270. The maximum absolute atomic E-state index is 13.3. The van der Waals surface area contributed by atoms with Crippen molar-refractivity contribution in [2.45, 2.75) is 20.8 Å². The molecule has 0 aliphatic carbocycles. The number of rotatable bonds is 4. The van der Waals surface area contributed by atoms with Gasteiger partial charge in [0.25, 0.3) is 11.8 Å². The molecule has 1 fully saturated rings. The minimum atomic E-state index is -0.525. The molecule has 0 spiro atoms. The number of anilines is 1. The van der Waals surface area contributed by atoms with Gasteiger partial charge in [-0.25, -0.2) is 4.98 Å². The lowest BCUT2D eigenvalue weighted by Gasteiger charge is -2.29. The van der Waals surface area contributed by atoms with Crippen molar-refractivity contribution in [3.05, 3.63) is 76.7 Å². The molecule has 0 bridgehead atoms. The predicted octanol–water partition coefficient (Wildman–Crippen LogP) is 3.64. The zero-order chi connectivity index (χ0) is 23.0. The first kappa shape index (κ1) is 21.5. The Labute approximate surface area is 191 Å². The van der Waals surface area contributed by atoms with Crippen molar-refractivity contribution in [3.63, 3.8) is 0 Å². The highest BCUT2D eigenvalue weighted by molar-refractivity contribution is 7.80. The average molecular weight is 447 g/mol. The molecule has 0 saturated carbocycles. The molecule has 8 heteroatoms. The van der Waals surface area contributed by atoms with Gasteiger partial charge in [-0.2, -0.15) is 0 Å². The number of amides is 2. The molecule has 1 N–H and O–H groups in total. The summed E-state index contributed by atoms with van der Waals surface area (Å²) in [5, 5.41) is 2.65. The Hall–Kier alpha value is -3.78. The molecule has 2 amide bonds. The van der Waals surface area contributed by atoms with Crippen LogP contribution in [0, 0.1) is 20.8 Å².